The van der Waals surface area contributed by atoms with Gasteiger partial charge >= 0.3 is 0 Å². The highest BCUT2D eigenvalue weighted by Crippen LogP contribution is 2.16. The number of likely N-dealkylation sites (tertiary alicyclic amines) is 2. The lowest BCUT2D eigenvalue weighted by Gasteiger charge is -2.34. The Morgan fingerprint density at radius 2 is 1.89 bits per heavy atom. The van der Waals surface area contributed by atoms with Gasteiger partial charge in [-0.2, -0.15) is 0 Å². The third-order valence-corrected chi connectivity index (χ3v) is 4.00. The van der Waals surface area contributed by atoms with Gasteiger partial charge in [-0.3, -0.25) is 9.69 Å². The molecular formula is C13H26ClN3O. The fraction of sp³-hybridized carbons (Fsp3) is 0.923. The quantitative estimate of drug-likeness (QED) is 0.821. The number of nitrogens with zero attached hydrogens (tertiary/aromatic N) is 2. The summed E-state index contributed by atoms with van der Waals surface area (Å²) < 4.78 is 0. The molecule has 1 atom stereocenters. The summed E-state index contributed by atoms with van der Waals surface area (Å²) >= 11 is 0. The van der Waals surface area contributed by atoms with Gasteiger partial charge in [0.2, 0.25) is 5.91 Å². The van der Waals surface area contributed by atoms with Gasteiger partial charge in [-0.25, -0.2) is 0 Å². The van der Waals surface area contributed by atoms with Crippen molar-refractivity contribution in [2.75, 3.05) is 32.7 Å². The summed E-state index contributed by atoms with van der Waals surface area (Å²) in [6, 6.07) is 0.344. The first kappa shape index (κ1) is 15.7. The van der Waals surface area contributed by atoms with Gasteiger partial charge in [0, 0.05) is 32.2 Å². The van der Waals surface area contributed by atoms with Gasteiger partial charge < -0.3 is 10.6 Å². The average Bonchev–Trinajstić information content (AvgIpc) is 2.32. The highest BCUT2D eigenvalue weighted by atomic mass is 35.5. The fourth-order valence-electron chi connectivity index (χ4n) is 2.82. The third kappa shape index (κ3) is 4.41. The lowest BCUT2D eigenvalue weighted by molar-refractivity contribution is -0.134. The number of hydrogen-bond acceptors (Lipinski definition) is 3. The lowest BCUT2D eigenvalue weighted by atomic mass is 10.00. The van der Waals surface area contributed by atoms with Gasteiger partial charge in [0.1, 0.15) is 0 Å². The third-order valence-electron chi connectivity index (χ3n) is 4.00. The van der Waals surface area contributed by atoms with Crippen molar-refractivity contribution in [3.63, 3.8) is 0 Å². The minimum absolute atomic E-state index is 0. The molecule has 0 aromatic rings. The zero-order valence-electron chi connectivity index (χ0n) is 11.3. The zero-order chi connectivity index (χ0) is 12.3. The molecule has 0 radical (unpaired) electrons. The molecule has 0 bridgehead atoms. The Balaban J connectivity index is 0.00000162. The zero-order valence-corrected chi connectivity index (χ0v) is 12.1. The van der Waals surface area contributed by atoms with Crippen LogP contribution in [0.1, 0.15) is 32.6 Å². The maximum absolute atomic E-state index is 12.1. The summed E-state index contributed by atoms with van der Waals surface area (Å²) in [7, 11) is 0. The first-order valence-electron chi connectivity index (χ1n) is 6.91. The van der Waals surface area contributed by atoms with Crippen molar-refractivity contribution in [1.82, 2.24) is 9.80 Å². The van der Waals surface area contributed by atoms with Gasteiger partial charge in [0.15, 0.2) is 0 Å². The Bertz CT molecular complexity index is 267. The molecule has 0 spiro atoms. The predicted octanol–water partition coefficient (Wildman–Crippen LogP) is 1.09. The van der Waals surface area contributed by atoms with E-state index in [9.17, 15) is 4.79 Å². The largest absolute Gasteiger partial charge is 0.341 e. The predicted molar refractivity (Wildman–Crippen MR) is 75.9 cm³/mol. The van der Waals surface area contributed by atoms with Gasteiger partial charge in [-0.15, -0.1) is 12.4 Å². The summed E-state index contributed by atoms with van der Waals surface area (Å²) in [5, 5.41) is 0. The van der Waals surface area contributed by atoms with Gasteiger partial charge in [0.05, 0.1) is 6.54 Å². The van der Waals surface area contributed by atoms with Crippen LogP contribution < -0.4 is 5.73 Å². The number of piperidine rings is 2. The van der Waals surface area contributed by atoms with E-state index < -0.39 is 0 Å². The summed E-state index contributed by atoms with van der Waals surface area (Å²) in [5.41, 5.74) is 5.87. The number of halogens is 1. The summed E-state index contributed by atoms with van der Waals surface area (Å²) in [5.74, 6) is 0.981. The van der Waals surface area contributed by atoms with Crippen LogP contribution >= 0.6 is 12.4 Å². The first-order chi connectivity index (χ1) is 8.15. The molecule has 2 heterocycles. The molecule has 2 N–H and O–H groups in total. The van der Waals surface area contributed by atoms with Crippen LogP contribution in [-0.4, -0.2) is 54.5 Å². The molecule has 0 saturated carbocycles. The molecule has 1 amide bonds. The van der Waals surface area contributed by atoms with Crippen molar-refractivity contribution in [1.29, 1.82) is 0 Å². The fourth-order valence-corrected chi connectivity index (χ4v) is 2.82. The van der Waals surface area contributed by atoms with E-state index >= 15 is 0 Å². The number of hydrogen-bond donors (Lipinski definition) is 1. The highest BCUT2D eigenvalue weighted by Gasteiger charge is 2.24. The van der Waals surface area contributed by atoms with Crippen molar-refractivity contribution in [3.8, 4) is 0 Å². The maximum atomic E-state index is 12.1. The van der Waals surface area contributed by atoms with Crippen LogP contribution in [0.3, 0.4) is 0 Å². The topological polar surface area (TPSA) is 49.6 Å². The number of amides is 1. The van der Waals surface area contributed by atoms with E-state index in [-0.39, 0.29) is 12.4 Å². The Labute approximate surface area is 116 Å². The minimum Gasteiger partial charge on any atom is -0.341 e. The van der Waals surface area contributed by atoms with E-state index in [2.05, 4.69) is 11.8 Å². The maximum Gasteiger partial charge on any atom is 0.236 e. The van der Waals surface area contributed by atoms with Crippen LogP contribution in [0.25, 0.3) is 0 Å². The van der Waals surface area contributed by atoms with Crippen LogP contribution in [0.15, 0.2) is 0 Å². The van der Waals surface area contributed by atoms with E-state index in [1.807, 2.05) is 4.90 Å². The Hall–Kier alpha value is -0.320. The van der Waals surface area contributed by atoms with E-state index in [0.717, 1.165) is 45.4 Å². The monoisotopic (exact) mass is 275 g/mol. The van der Waals surface area contributed by atoms with Crippen molar-refractivity contribution in [2.45, 2.75) is 38.6 Å². The average molecular weight is 276 g/mol. The van der Waals surface area contributed by atoms with Crippen LogP contribution in [0, 0.1) is 5.92 Å². The molecule has 2 aliphatic rings. The number of nitrogens with two attached hydrogens (primary N) is 1. The Kier molecular flexibility index (Phi) is 6.39. The highest BCUT2D eigenvalue weighted by molar-refractivity contribution is 5.85. The molecule has 18 heavy (non-hydrogen) atoms. The van der Waals surface area contributed by atoms with Crippen molar-refractivity contribution in [3.05, 3.63) is 0 Å². The van der Waals surface area contributed by atoms with E-state index in [0.29, 0.717) is 24.4 Å². The number of carbonyl (C=O) groups is 1. The molecule has 0 aromatic heterocycles. The van der Waals surface area contributed by atoms with Gasteiger partial charge in [-0.1, -0.05) is 6.92 Å². The van der Waals surface area contributed by atoms with Crippen molar-refractivity contribution < 1.29 is 4.79 Å². The number of carbonyl (C=O) groups excluding carboxylic acids is 1. The summed E-state index contributed by atoms with van der Waals surface area (Å²) in [6.07, 6.45) is 4.49. The van der Waals surface area contributed by atoms with Crippen LogP contribution in [-0.2, 0) is 4.79 Å². The smallest absolute Gasteiger partial charge is 0.236 e. The Morgan fingerprint density at radius 1 is 1.22 bits per heavy atom. The van der Waals surface area contributed by atoms with Crippen LogP contribution in [0.2, 0.25) is 0 Å². The van der Waals surface area contributed by atoms with E-state index in [1.165, 1.54) is 6.42 Å². The number of rotatable bonds is 2. The normalized spacial score (nSPS) is 26.8. The van der Waals surface area contributed by atoms with E-state index in [1.54, 1.807) is 0 Å². The van der Waals surface area contributed by atoms with Crippen molar-refractivity contribution >= 4 is 18.3 Å². The van der Waals surface area contributed by atoms with Gasteiger partial charge in [0.25, 0.3) is 0 Å². The molecule has 2 saturated heterocycles. The molecule has 1 unspecified atom stereocenters. The molecule has 106 valence electrons. The van der Waals surface area contributed by atoms with Crippen LogP contribution in [0.4, 0.5) is 0 Å². The first-order valence-corrected chi connectivity index (χ1v) is 6.91. The summed E-state index contributed by atoms with van der Waals surface area (Å²) in [4.78, 5) is 16.4. The summed E-state index contributed by atoms with van der Waals surface area (Å²) in [6.45, 7) is 6.70. The van der Waals surface area contributed by atoms with E-state index in [4.69, 9.17) is 5.73 Å². The second kappa shape index (κ2) is 7.31. The molecular weight excluding hydrogens is 250 g/mol. The standard InChI is InChI=1S/C13H25N3O.ClH/c1-11-3-2-6-16(9-11)13(17)10-15-7-4-12(14)5-8-15;/h11-12H,2-10,14H2,1H3;1H. The second-order valence-electron chi connectivity index (χ2n) is 5.70. The molecule has 2 fully saturated rings. The molecule has 0 aromatic carbocycles. The lowest BCUT2D eigenvalue weighted by Crippen LogP contribution is -2.47. The molecule has 5 heteroatoms. The minimum atomic E-state index is 0. The van der Waals surface area contributed by atoms with Gasteiger partial charge in [-0.05, 0) is 31.6 Å². The van der Waals surface area contributed by atoms with Crippen molar-refractivity contribution in [2.24, 2.45) is 11.7 Å². The molecule has 0 aliphatic carbocycles. The Morgan fingerprint density at radius 3 is 2.50 bits per heavy atom. The second-order valence-corrected chi connectivity index (χ2v) is 5.70. The molecule has 2 rings (SSSR count). The molecule has 2 aliphatic heterocycles. The van der Waals surface area contributed by atoms with Crippen LogP contribution in [0.5, 0.6) is 0 Å². The molecule has 4 nitrogen and oxygen atoms in total. The SMILES string of the molecule is CC1CCCN(C(=O)CN2CCC(N)CC2)C1.Cl.